The Kier molecular flexibility index (Phi) is 3.92. The van der Waals surface area contributed by atoms with Crippen molar-refractivity contribution in [1.82, 2.24) is 4.90 Å². The number of amides is 1. The Hall–Kier alpha value is -2.23. The Morgan fingerprint density at radius 2 is 1.91 bits per heavy atom. The van der Waals surface area contributed by atoms with Crippen LogP contribution in [-0.2, 0) is 0 Å². The van der Waals surface area contributed by atoms with Crippen LogP contribution in [0.1, 0.15) is 43.7 Å². The third-order valence-corrected chi connectivity index (χ3v) is 4.42. The van der Waals surface area contributed by atoms with Gasteiger partial charge in [-0.05, 0) is 57.4 Å². The summed E-state index contributed by atoms with van der Waals surface area (Å²) < 4.78 is 5.79. The number of anilines is 1. The molecule has 4 nitrogen and oxygen atoms in total. The standard InChI is InChI=1S/C18H22N2O2/c1-12-5-3-6-13(2)20(12)18(21)17-10-9-16(22-17)14-7-4-8-15(19)11-14/h4,7-13H,3,5-6,19H2,1-2H3. The van der Waals surface area contributed by atoms with Gasteiger partial charge in [-0.1, -0.05) is 12.1 Å². The molecule has 0 spiro atoms. The highest BCUT2D eigenvalue weighted by molar-refractivity contribution is 5.92. The molecular formula is C18H22N2O2. The van der Waals surface area contributed by atoms with Gasteiger partial charge in [0.15, 0.2) is 5.76 Å². The maximum Gasteiger partial charge on any atom is 0.290 e. The molecule has 0 bridgehead atoms. The number of furan rings is 1. The van der Waals surface area contributed by atoms with Gasteiger partial charge < -0.3 is 15.1 Å². The maximum atomic E-state index is 12.7. The summed E-state index contributed by atoms with van der Waals surface area (Å²) in [6.07, 6.45) is 3.29. The fourth-order valence-electron chi connectivity index (χ4n) is 3.25. The lowest BCUT2D eigenvalue weighted by Gasteiger charge is -2.38. The molecule has 2 unspecified atom stereocenters. The SMILES string of the molecule is CC1CCCC(C)N1C(=O)c1ccc(-c2cccc(N)c2)o1. The Balaban J connectivity index is 1.85. The van der Waals surface area contributed by atoms with Crippen molar-refractivity contribution in [2.75, 3.05) is 5.73 Å². The van der Waals surface area contributed by atoms with Crippen molar-refractivity contribution in [3.63, 3.8) is 0 Å². The van der Waals surface area contributed by atoms with Crippen molar-refractivity contribution >= 4 is 11.6 Å². The van der Waals surface area contributed by atoms with Gasteiger partial charge in [-0.25, -0.2) is 0 Å². The second-order valence-corrected chi connectivity index (χ2v) is 6.13. The molecule has 2 atom stereocenters. The fourth-order valence-corrected chi connectivity index (χ4v) is 3.25. The van der Waals surface area contributed by atoms with Gasteiger partial charge in [0.1, 0.15) is 5.76 Å². The molecule has 0 radical (unpaired) electrons. The highest BCUT2D eigenvalue weighted by atomic mass is 16.4. The Morgan fingerprint density at radius 1 is 1.18 bits per heavy atom. The molecule has 116 valence electrons. The van der Waals surface area contributed by atoms with Gasteiger partial charge in [-0.3, -0.25) is 4.79 Å². The molecule has 1 saturated heterocycles. The van der Waals surface area contributed by atoms with Gasteiger partial charge in [0.25, 0.3) is 5.91 Å². The number of rotatable bonds is 2. The van der Waals surface area contributed by atoms with Crippen molar-refractivity contribution in [2.45, 2.75) is 45.2 Å². The summed E-state index contributed by atoms with van der Waals surface area (Å²) >= 11 is 0. The Labute approximate surface area is 130 Å². The van der Waals surface area contributed by atoms with Gasteiger partial charge in [-0.15, -0.1) is 0 Å². The van der Waals surface area contributed by atoms with Gasteiger partial charge in [-0.2, -0.15) is 0 Å². The molecule has 1 aliphatic heterocycles. The van der Waals surface area contributed by atoms with Gasteiger partial charge in [0, 0.05) is 23.3 Å². The first-order valence-corrected chi connectivity index (χ1v) is 7.84. The first-order chi connectivity index (χ1) is 10.6. The molecular weight excluding hydrogens is 276 g/mol. The third kappa shape index (κ3) is 2.73. The first-order valence-electron chi connectivity index (χ1n) is 7.84. The van der Waals surface area contributed by atoms with E-state index in [0.717, 1.165) is 18.4 Å². The molecule has 22 heavy (non-hydrogen) atoms. The number of piperidine rings is 1. The quantitative estimate of drug-likeness (QED) is 0.854. The van der Waals surface area contributed by atoms with Gasteiger partial charge >= 0.3 is 0 Å². The van der Waals surface area contributed by atoms with Crippen LogP contribution in [0.3, 0.4) is 0 Å². The van der Waals surface area contributed by atoms with Crippen LogP contribution in [0.15, 0.2) is 40.8 Å². The second-order valence-electron chi connectivity index (χ2n) is 6.13. The molecule has 2 aromatic rings. The van der Waals surface area contributed by atoms with Crippen molar-refractivity contribution < 1.29 is 9.21 Å². The average molecular weight is 298 g/mol. The summed E-state index contributed by atoms with van der Waals surface area (Å²) in [6.45, 7) is 4.21. The lowest BCUT2D eigenvalue weighted by Crippen LogP contribution is -2.47. The Bertz CT molecular complexity index is 667. The number of likely N-dealkylation sites (tertiary alicyclic amines) is 1. The second kappa shape index (κ2) is 5.87. The van der Waals surface area contributed by atoms with E-state index >= 15 is 0 Å². The maximum absolute atomic E-state index is 12.7. The normalized spacial score (nSPS) is 21.8. The zero-order chi connectivity index (χ0) is 15.7. The van der Waals surface area contributed by atoms with E-state index in [9.17, 15) is 4.79 Å². The zero-order valence-corrected chi connectivity index (χ0v) is 13.1. The number of nitrogens with two attached hydrogens (primary N) is 1. The highest BCUT2D eigenvalue weighted by Crippen LogP contribution is 2.28. The van der Waals surface area contributed by atoms with E-state index in [2.05, 4.69) is 13.8 Å². The summed E-state index contributed by atoms with van der Waals surface area (Å²) in [7, 11) is 0. The van der Waals surface area contributed by atoms with Crippen LogP contribution in [0.5, 0.6) is 0 Å². The van der Waals surface area contributed by atoms with E-state index in [0.29, 0.717) is 17.2 Å². The van der Waals surface area contributed by atoms with Crippen LogP contribution in [0.2, 0.25) is 0 Å². The predicted octanol–water partition coefficient (Wildman–Crippen LogP) is 3.93. The van der Waals surface area contributed by atoms with E-state index in [1.54, 1.807) is 6.07 Å². The monoisotopic (exact) mass is 298 g/mol. The minimum absolute atomic E-state index is 0.0187. The van der Waals surface area contributed by atoms with Crippen LogP contribution >= 0.6 is 0 Å². The van der Waals surface area contributed by atoms with E-state index in [-0.39, 0.29) is 18.0 Å². The third-order valence-electron chi connectivity index (χ3n) is 4.42. The van der Waals surface area contributed by atoms with Crippen LogP contribution < -0.4 is 5.73 Å². The molecule has 1 aromatic carbocycles. The number of nitrogen functional groups attached to an aromatic ring is 1. The first kappa shape index (κ1) is 14.7. The number of nitrogens with zero attached hydrogens (tertiary/aromatic N) is 1. The molecule has 1 aliphatic rings. The molecule has 3 rings (SSSR count). The summed E-state index contributed by atoms with van der Waals surface area (Å²) in [5, 5.41) is 0. The van der Waals surface area contributed by atoms with E-state index in [1.165, 1.54) is 6.42 Å². The number of carbonyl (C=O) groups is 1. The summed E-state index contributed by atoms with van der Waals surface area (Å²) in [4.78, 5) is 14.7. The zero-order valence-electron chi connectivity index (χ0n) is 13.1. The molecule has 1 aromatic heterocycles. The van der Waals surface area contributed by atoms with Gasteiger partial charge in [0.2, 0.25) is 0 Å². The van der Waals surface area contributed by atoms with Gasteiger partial charge in [0.05, 0.1) is 0 Å². The molecule has 2 N–H and O–H groups in total. The number of benzene rings is 1. The van der Waals surface area contributed by atoms with Crippen LogP contribution in [0.4, 0.5) is 5.69 Å². The molecule has 1 fully saturated rings. The van der Waals surface area contributed by atoms with E-state index in [1.807, 2.05) is 35.2 Å². The number of hydrogen-bond donors (Lipinski definition) is 1. The van der Waals surface area contributed by atoms with E-state index in [4.69, 9.17) is 10.2 Å². The molecule has 1 amide bonds. The lowest BCUT2D eigenvalue weighted by molar-refractivity contribution is 0.0479. The van der Waals surface area contributed by atoms with Crippen LogP contribution in [0, 0.1) is 0 Å². The van der Waals surface area contributed by atoms with Crippen LogP contribution in [-0.4, -0.2) is 22.9 Å². The van der Waals surface area contributed by atoms with Crippen molar-refractivity contribution in [2.24, 2.45) is 0 Å². The molecule has 0 saturated carbocycles. The number of hydrogen-bond acceptors (Lipinski definition) is 3. The topological polar surface area (TPSA) is 59.5 Å². The largest absolute Gasteiger partial charge is 0.451 e. The summed E-state index contributed by atoms with van der Waals surface area (Å²) in [6, 6.07) is 11.6. The van der Waals surface area contributed by atoms with Crippen molar-refractivity contribution in [3.05, 3.63) is 42.2 Å². The lowest BCUT2D eigenvalue weighted by atomic mass is 9.97. The summed E-state index contributed by atoms with van der Waals surface area (Å²) in [5.74, 6) is 1.06. The predicted molar refractivity (Wildman–Crippen MR) is 87.5 cm³/mol. The van der Waals surface area contributed by atoms with Crippen molar-refractivity contribution in [1.29, 1.82) is 0 Å². The minimum Gasteiger partial charge on any atom is -0.451 e. The summed E-state index contributed by atoms with van der Waals surface area (Å²) in [5.41, 5.74) is 7.37. The van der Waals surface area contributed by atoms with Crippen molar-refractivity contribution in [3.8, 4) is 11.3 Å². The highest BCUT2D eigenvalue weighted by Gasteiger charge is 2.31. The molecule has 0 aliphatic carbocycles. The number of carbonyl (C=O) groups excluding carboxylic acids is 1. The Morgan fingerprint density at radius 3 is 2.59 bits per heavy atom. The molecule has 4 heteroatoms. The average Bonchev–Trinajstić information content (AvgIpc) is 2.97. The smallest absolute Gasteiger partial charge is 0.290 e. The molecule has 2 heterocycles. The minimum atomic E-state index is -0.0187. The fraction of sp³-hybridized carbons (Fsp3) is 0.389. The van der Waals surface area contributed by atoms with Crippen LogP contribution in [0.25, 0.3) is 11.3 Å². The van der Waals surface area contributed by atoms with E-state index < -0.39 is 0 Å².